The van der Waals surface area contributed by atoms with Gasteiger partial charge in [-0.2, -0.15) is 0 Å². The molecule has 0 saturated heterocycles. The summed E-state index contributed by atoms with van der Waals surface area (Å²) in [7, 11) is 1.65. The van der Waals surface area contributed by atoms with Gasteiger partial charge in [0, 0.05) is 16.7 Å². The maximum atomic E-state index is 13.2. The molecule has 2 aromatic rings. The Hall–Kier alpha value is -1.55. The van der Waals surface area contributed by atoms with Crippen molar-refractivity contribution in [2.45, 2.75) is 13.5 Å². The SMILES string of the molecule is COc1ccc(NCc2cc(F)cc(Br)c2)cc1C. The minimum Gasteiger partial charge on any atom is -0.496 e. The standard InChI is InChI=1S/C15H15BrFNO/c1-10-5-14(3-4-15(10)19-2)18-9-11-6-12(16)8-13(17)7-11/h3-8,18H,9H2,1-2H3. The molecule has 0 radical (unpaired) electrons. The zero-order valence-electron chi connectivity index (χ0n) is 10.8. The topological polar surface area (TPSA) is 21.3 Å². The number of benzene rings is 2. The van der Waals surface area contributed by atoms with E-state index in [0.717, 1.165) is 27.0 Å². The molecule has 2 rings (SSSR count). The second-order valence-corrected chi connectivity index (χ2v) is 5.23. The zero-order valence-corrected chi connectivity index (χ0v) is 12.4. The van der Waals surface area contributed by atoms with E-state index >= 15 is 0 Å². The minimum atomic E-state index is -0.239. The number of ether oxygens (including phenoxy) is 1. The largest absolute Gasteiger partial charge is 0.496 e. The molecule has 0 unspecified atom stereocenters. The van der Waals surface area contributed by atoms with E-state index in [1.165, 1.54) is 12.1 Å². The number of hydrogen-bond donors (Lipinski definition) is 1. The Morgan fingerprint density at radius 3 is 2.63 bits per heavy atom. The highest BCUT2D eigenvalue weighted by Crippen LogP contribution is 2.22. The Balaban J connectivity index is 2.08. The summed E-state index contributed by atoms with van der Waals surface area (Å²) in [6, 6.07) is 10.7. The Labute approximate surface area is 120 Å². The molecule has 1 N–H and O–H groups in total. The van der Waals surface area contributed by atoms with E-state index in [9.17, 15) is 4.39 Å². The molecule has 2 aromatic carbocycles. The van der Waals surface area contributed by atoms with Gasteiger partial charge in [0.05, 0.1) is 7.11 Å². The summed E-state index contributed by atoms with van der Waals surface area (Å²) in [5, 5.41) is 3.26. The average molecular weight is 324 g/mol. The number of aryl methyl sites for hydroxylation is 1. The van der Waals surface area contributed by atoms with Gasteiger partial charge in [-0.15, -0.1) is 0 Å². The molecule has 0 fully saturated rings. The van der Waals surface area contributed by atoms with E-state index in [0.29, 0.717) is 6.54 Å². The molecule has 0 spiro atoms. The van der Waals surface area contributed by atoms with Crippen LogP contribution in [0.15, 0.2) is 40.9 Å². The lowest BCUT2D eigenvalue weighted by molar-refractivity contribution is 0.412. The quantitative estimate of drug-likeness (QED) is 0.893. The molecule has 0 bridgehead atoms. The molecular formula is C15H15BrFNO. The first-order chi connectivity index (χ1) is 9.08. The molecular weight excluding hydrogens is 309 g/mol. The van der Waals surface area contributed by atoms with Gasteiger partial charge < -0.3 is 10.1 Å². The van der Waals surface area contributed by atoms with Crippen molar-refractivity contribution in [1.82, 2.24) is 0 Å². The molecule has 4 heteroatoms. The number of nitrogens with one attached hydrogen (secondary N) is 1. The van der Waals surface area contributed by atoms with Crippen LogP contribution in [-0.2, 0) is 6.54 Å². The van der Waals surface area contributed by atoms with Gasteiger partial charge in [0.2, 0.25) is 0 Å². The summed E-state index contributed by atoms with van der Waals surface area (Å²) in [6.45, 7) is 2.56. The first-order valence-electron chi connectivity index (χ1n) is 5.92. The van der Waals surface area contributed by atoms with Gasteiger partial charge in [-0.05, 0) is 54.4 Å². The van der Waals surface area contributed by atoms with Crippen LogP contribution < -0.4 is 10.1 Å². The Morgan fingerprint density at radius 1 is 1.21 bits per heavy atom. The van der Waals surface area contributed by atoms with Crippen LogP contribution in [0.25, 0.3) is 0 Å². The van der Waals surface area contributed by atoms with Gasteiger partial charge in [-0.25, -0.2) is 4.39 Å². The van der Waals surface area contributed by atoms with Crippen LogP contribution in [0.5, 0.6) is 5.75 Å². The maximum absolute atomic E-state index is 13.2. The van der Waals surface area contributed by atoms with Crippen LogP contribution in [-0.4, -0.2) is 7.11 Å². The highest BCUT2D eigenvalue weighted by molar-refractivity contribution is 9.10. The molecule has 0 saturated carbocycles. The molecule has 100 valence electrons. The zero-order chi connectivity index (χ0) is 13.8. The van der Waals surface area contributed by atoms with E-state index in [1.807, 2.05) is 31.2 Å². The Bertz CT molecular complexity index is 566. The smallest absolute Gasteiger partial charge is 0.124 e. The molecule has 0 aliphatic carbocycles. The lowest BCUT2D eigenvalue weighted by atomic mass is 10.2. The fourth-order valence-corrected chi connectivity index (χ4v) is 2.42. The summed E-state index contributed by atoms with van der Waals surface area (Å²) >= 11 is 3.29. The Kier molecular flexibility index (Phi) is 4.43. The molecule has 0 heterocycles. The summed E-state index contributed by atoms with van der Waals surface area (Å²) in [6.07, 6.45) is 0. The molecule has 0 amide bonds. The minimum absolute atomic E-state index is 0.239. The van der Waals surface area contributed by atoms with Gasteiger partial charge >= 0.3 is 0 Å². The predicted octanol–water partition coefficient (Wildman–Crippen LogP) is 4.52. The van der Waals surface area contributed by atoms with Crippen molar-refractivity contribution in [2.75, 3.05) is 12.4 Å². The summed E-state index contributed by atoms with van der Waals surface area (Å²) in [4.78, 5) is 0. The molecule has 0 aliphatic heterocycles. The van der Waals surface area contributed by atoms with Crippen LogP contribution in [0.1, 0.15) is 11.1 Å². The van der Waals surface area contributed by atoms with E-state index in [-0.39, 0.29) is 5.82 Å². The van der Waals surface area contributed by atoms with Gasteiger partial charge in [0.1, 0.15) is 11.6 Å². The van der Waals surface area contributed by atoms with Gasteiger partial charge in [-0.3, -0.25) is 0 Å². The van der Waals surface area contributed by atoms with Crippen LogP contribution in [0.3, 0.4) is 0 Å². The number of halogens is 2. The van der Waals surface area contributed by atoms with E-state index in [2.05, 4.69) is 21.2 Å². The van der Waals surface area contributed by atoms with Crippen LogP contribution >= 0.6 is 15.9 Å². The number of methoxy groups -OCH3 is 1. The number of anilines is 1. The average Bonchev–Trinajstić information content (AvgIpc) is 2.35. The summed E-state index contributed by atoms with van der Waals surface area (Å²) in [5.41, 5.74) is 2.94. The molecule has 19 heavy (non-hydrogen) atoms. The normalized spacial score (nSPS) is 10.3. The summed E-state index contributed by atoms with van der Waals surface area (Å²) in [5.74, 6) is 0.621. The van der Waals surface area contributed by atoms with Crippen molar-refractivity contribution in [2.24, 2.45) is 0 Å². The fourth-order valence-electron chi connectivity index (χ4n) is 1.91. The monoisotopic (exact) mass is 323 g/mol. The van der Waals surface area contributed by atoms with Crippen molar-refractivity contribution in [3.05, 3.63) is 57.8 Å². The highest BCUT2D eigenvalue weighted by atomic mass is 79.9. The van der Waals surface area contributed by atoms with Crippen molar-refractivity contribution in [3.63, 3.8) is 0 Å². The van der Waals surface area contributed by atoms with E-state index in [4.69, 9.17) is 4.74 Å². The van der Waals surface area contributed by atoms with Gasteiger partial charge in [0.15, 0.2) is 0 Å². The van der Waals surface area contributed by atoms with Crippen molar-refractivity contribution >= 4 is 21.6 Å². The lowest BCUT2D eigenvalue weighted by Gasteiger charge is -2.10. The number of rotatable bonds is 4. The van der Waals surface area contributed by atoms with Gasteiger partial charge in [0.25, 0.3) is 0 Å². The highest BCUT2D eigenvalue weighted by Gasteiger charge is 2.02. The van der Waals surface area contributed by atoms with E-state index in [1.54, 1.807) is 7.11 Å². The van der Waals surface area contributed by atoms with Crippen molar-refractivity contribution in [1.29, 1.82) is 0 Å². The molecule has 0 aliphatic rings. The van der Waals surface area contributed by atoms with Crippen molar-refractivity contribution in [3.8, 4) is 5.75 Å². The number of hydrogen-bond acceptors (Lipinski definition) is 2. The van der Waals surface area contributed by atoms with E-state index < -0.39 is 0 Å². The molecule has 0 atom stereocenters. The van der Waals surface area contributed by atoms with Crippen LogP contribution in [0, 0.1) is 12.7 Å². The van der Waals surface area contributed by atoms with Crippen molar-refractivity contribution < 1.29 is 9.13 Å². The van der Waals surface area contributed by atoms with Crippen LogP contribution in [0.2, 0.25) is 0 Å². The third-order valence-corrected chi connectivity index (χ3v) is 3.27. The fraction of sp³-hybridized carbons (Fsp3) is 0.200. The predicted molar refractivity (Wildman–Crippen MR) is 79.2 cm³/mol. The lowest BCUT2D eigenvalue weighted by Crippen LogP contribution is -2.00. The second-order valence-electron chi connectivity index (χ2n) is 4.32. The van der Waals surface area contributed by atoms with Crippen LogP contribution in [0.4, 0.5) is 10.1 Å². The third kappa shape index (κ3) is 3.70. The first-order valence-corrected chi connectivity index (χ1v) is 6.71. The first kappa shape index (κ1) is 13.9. The second kappa shape index (κ2) is 6.06. The molecule has 2 nitrogen and oxygen atoms in total. The van der Waals surface area contributed by atoms with Gasteiger partial charge in [-0.1, -0.05) is 15.9 Å². The Morgan fingerprint density at radius 2 is 2.00 bits per heavy atom. The molecule has 0 aromatic heterocycles. The summed E-state index contributed by atoms with van der Waals surface area (Å²) < 4.78 is 19.2. The third-order valence-electron chi connectivity index (χ3n) is 2.81. The maximum Gasteiger partial charge on any atom is 0.124 e.